The summed E-state index contributed by atoms with van der Waals surface area (Å²) in [5.41, 5.74) is 14.1. The molecule has 0 saturated carbocycles. The highest BCUT2D eigenvalue weighted by Crippen LogP contribution is 2.23. The molecule has 2 aromatic rings. The fourth-order valence-electron chi connectivity index (χ4n) is 4.03. The van der Waals surface area contributed by atoms with Crippen molar-refractivity contribution in [2.45, 2.75) is 19.4 Å². The van der Waals surface area contributed by atoms with Gasteiger partial charge in [0.1, 0.15) is 5.82 Å². The summed E-state index contributed by atoms with van der Waals surface area (Å²) in [4.78, 5) is 20.5. The van der Waals surface area contributed by atoms with Crippen molar-refractivity contribution in [1.82, 2.24) is 14.7 Å². The van der Waals surface area contributed by atoms with Crippen molar-refractivity contribution in [1.29, 1.82) is 0 Å². The Kier molecular flexibility index (Phi) is 7.16. The molecule has 0 bridgehead atoms. The first-order valence-corrected chi connectivity index (χ1v) is 9.91. The molecule has 1 unspecified atom stereocenters. The van der Waals surface area contributed by atoms with Gasteiger partial charge < -0.3 is 21.3 Å². The van der Waals surface area contributed by atoms with Crippen LogP contribution in [0.5, 0.6) is 0 Å². The Morgan fingerprint density at radius 1 is 1.13 bits per heavy atom. The molecule has 0 aliphatic carbocycles. The zero-order valence-electron chi connectivity index (χ0n) is 16.7. The molecule has 2 aliphatic heterocycles. The number of carbonyl (C=O) groups is 1. The molecule has 10 heteroatoms. The average Bonchev–Trinajstić information content (AvgIpc) is 3.16. The van der Waals surface area contributed by atoms with Gasteiger partial charge in [-0.15, -0.1) is 24.0 Å². The van der Waals surface area contributed by atoms with Crippen molar-refractivity contribution in [2.24, 2.45) is 22.4 Å². The average molecular weight is 527 g/mol. The molecule has 1 atom stereocenters. The highest BCUT2D eigenvalue weighted by Gasteiger charge is 2.25. The first kappa shape index (κ1) is 22.3. The zero-order valence-corrected chi connectivity index (χ0v) is 19.0. The summed E-state index contributed by atoms with van der Waals surface area (Å²) in [7, 11) is 0. The van der Waals surface area contributed by atoms with Gasteiger partial charge in [0.2, 0.25) is 0 Å². The fraction of sp³-hybridized carbons (Fsp3) is 0.450. The minimum Gasteiger partial charge on any atom is -0.370 e. The lowest BCUT2D eigenvalue weighted by molar-refractivity contribution is 0.0998. The number of halogens is 2. The summed E-state index contributed by atoms with van der Waals surface area (Å²) in [6, 6.07) is 6.57. The van der Waals surface area contributed by atoms with Gasteiger partial charge in [-0.25, -0.2) is 4.39 Å². The van der Waals surface area contributed by atoms with Crippen molar-refractivity contribution in [3.05, 3.63) is 47.5 Å². The van der Waals surface area contributed by atoms with E-state index in [0.717, 1.165) is 56.9 Å². The Labute approximate surface area is 192 Å². The van der Waals surface area contributed by atoms with Gasteiger partial charge in [-0.1, -0.05) is 0 Å². The number of aliphatic imine (C=N–C) groups is 1. The number of piperazine rings is 1. The number of nitrogens with zero attached hydrogens (tertiary/aromatic N) is 5. The predicted octanol–water partition coefficient (Wildman–Crippen LogP) is 1.44. The van der Waals surface area contributed by atoms with Gasteiger partial charge in [-0.3, -0.25) is 14.5 Å². The number of hydrogen-bond acceptors (Lipinski definition) is 4. The highest BCUT2D eigenvalue weighted by molar-refractivity contribution is 14.0. The van der Waals surface area contributed by atoms with E-state index in [2.05, 4.69) is 19.9 Å². The predicted molar refractivity (Wildman–Crippen MR) is 125 cm³/mol. The number of fused-ring (bicyclic) bond motifs is 1. The van der Waals surface area contributed by atoms with E-state index in [1.807, 2.05) is 4.68 Å². The van der Waals surface area contributed by atoms with Crippen LogP contribution in [-0.2, 0) is 13.0 Å². The number of nitrogens with two attached hydrogens (primary N) is 2. The maximum absolute atomic E-state index is 13.1. The van der Waals surface area contributed by atoms with Gasteiger partial charge in [0.15, 0.2) is 5.96 Å². The van der Waals surface area contributed by atoms with Gasteiger partial charge >= 0.3 is 0 Å². The highest BCUT2D eigenvalue weighted by atomic mass is 127. The first-order chi connectivity index (χ1) is 14.0. The van der Waals surface area contributed by atoms with E-state index in [1.165, 1.54) is 12.1 Å². The van der Waals surface area contributed by atoms with Crippen LogP contribution in [0.1, 0.15) is 22.5 Å². The fourth-order valence-corrected chi connectivity index (χ4v) is 4.03. The number of primary amides is 1. The quantitative estimate of drug-likeness (QED) is 0.356. The van der Waals surface area contributed by atoms with Crippen LogP contribution < -0.4 is 16.4 Å². The molecule has 0 spiro atoms. The van der Waals surface area contributed by atoms with Crippen LogP contribution in [0.2, 0.25) is 0 Å². The number of benzene rings is 1. The Morgan fingerprint density at radius 3 is 2.50 bits per heavy atom. The maximum atomic E-state index is 13.1. The minimum absolute atomic E-state index is 0. The molecule has 1 aromatic carbocycles. The van der Waals surface area contributed by atoms with Crippen LogP contribution in [0, 0.1) is 11.7 Å². The molecule has 4 N–H and O–H groups in total. The topological polar surface area (TPSA) is 106 Å². The number of carbonyl (C=O) groups excluding carboxylic acids is 1. The largest absolute Gasteiger partial charge is 0.370 e. The molecule has 8 nitrogen and oxygen atoms in total. The zero-order chi connectivity index (χ0) is 20.4. The Balaban J connectivity index is 0.00000256. The molecule has 4 rings (SSSR count). The van der Waals surface area contributed by atoms with E-state index in [-0.39, 0.29) is 29.8 Å². The SMILES string of the molecule is I.NC(=O)c1cnn2c1CC(CN=C(N)N1CCN(c3ccc(F)cc3)CC1)CC2. The van der Waals surface area contributed by atoms with E-state index in [9.17, 15) is 9.18 Å². The van der Waals surface area contributed by atoms with Crippen LogP contribution in [-0.4, -0.2) is 59.3 Å². The number of guanidine groups is 1. The van der Waals surface area contributed by atoms with Crippen LogP contribution in [0.25, 0.3) is 0 Å². The minimum atomic E-state index is -0.436. The molecular formula is C20H27FIN7O. The molecule has 2 aliphatic rings. The first-order valence-electron chi connectivity index (χ1n) is 9.91. The van der Waals surface area contributed by atoms with Gasteiger partial charge in [-0.2, -0.15) is 5.10 Å². The second-order valence-electron chi connectivity index (χ2n) is 7.60. The summed E-state index contributed by atoms with van der Waals surface area (Å²) in [6.07, 6.45) is 3.23. The van der Waals surface area contributed by atoms with E-state index >= 15 is 0 Å². The molecule has 1 saturated heterocycles. The number of aryl methyl sites for hydroxylation is 1. The number of amides is 1. The molecular weight excluding hydrogens is 500 g/mol. The lowest BCUT2D eigenvalue weighted by atomic mass is 9.94. The second kappa shape index (κ2) is 9.63. The van der Waals surface area contributed by atoms with Gasteiger partial charge in [0.25, 0.3) is 5.91 Å². The standard InChI is InChI=1S/C20H26FN7O.HI/c21-15-1-3-16(4-2-15)26-7-9-27(10-8-26)20(23)24-12-14-5-6-28-18(11-14)17(13-25-28)19(22)29;/h1-4,13-14H,5-12H2,(H2,22,29)(H2,23,24);1H. The number of anilines is 1. The van der Waals surface area contributed by atoms with Crippen molar-refractivity contribution in [3.63, 3.8) is 0 Å². The van der Waals surface area contributed by atoms with Crippen LogP contribution in [0.15, 0.2) is 35.5 Å². The van der Waals surface area contributed by atoms with E-state index in [1.54, 1.807) is 18.3 Å². The Bertz CT molecular complexity index is 906. The maximum Gasteiger partial charge on any atom is 0.252 e. The summed E-state index contributed by atoms with van der Waals surface area (Å²) >= 11 is 0. The van der Waals surface area contributed by atoms with Gasteiger partial charge in [0, 0.05) is 45.0 Å². The molecule has 1 fully saturated rings. The third-order valence-corrected chi connectivity index (χ3v) is 5.75. The summed E-state index contributed by atoms with van der Waals surface area (Å²) in [6.45, 7) is 4.55. The Hall–Kier alpha value is -2.37. The summed E-state index contributed by atoms with van der Waals surface area (Å²) in [5, 5.41) is 4.24. The molecule has 3 heterocycles. The third-order valence-electron chi connectivity index (χ3n) is 5.75. The lowest BCUT2D eigenvalue weighted by Gasteiger charge is -2.36. The molecule has 30 heavy (non-hydrogen) atoms. The van der Waals surface area contributed by atoms with E-state index in [4.69, 9.17) is 11.5 Å². The van der Waals surface area contributed by atoms with Crippen LogP contribution in [0.4, 0.5) is 10.1 Å². The lowest BCUT2D eigenvalue weighted by Crippen LogP contribution is -2.51. The van der Waals surface area contributed by atoms with Gasteiger partial charge in [-0.05, 0) is 43.0 Å². The number of rotatable bonds is 4. The molecule has 0 radical (unpaired) electrons. The molecule has 1 amide bonds. The second-order valence-corrected chi connectivity index (χ2v) is 7.60. The van der Waals surface area contributed by atoms with Crippen molar-refractivity contribution in [2.75, 3.05) is 37.6 Å². The summed E-state index contributed by atoms with van der Waals surface area (Å²) in [5.74, 6) is 0.209. The van der Waals surface area contributed by atoms with E-state index in [0.29, 0.717) is 24.0 Å². The third kappa shape index (κ3) is 4.85. The van der Waals surface area contributed by atoms with Crippen LogP contribution in [0.3, 0.4) is 0 Å². The normalized spacial score (nSPS) is 19.2. The van der Waals surface area contributed by atoms with Crippen LogP contribution >= 0.6 is 24.0 Å². The van der Waals surface area contributed by atoms with Gasteiger partial charge in [0.05, 0.1) is 17.5 Å². The molecule has 1 aromatic heterocycles. The number of hydrogen-bond donors (Lipinski definition) is 2. The Morgan fingerprint density at radius 2 is 1.83 bits per heavy atom. The monoisotopic (exact) mass is 527 g/mol. The number of aromatic nitrogens is 2. The van der Waals surface area contributed by atoms with Crippen molar-refractivity contribution in [3.8, 4) is 0 Å². The van der Waals surface area contributed by atoms with Crippen molar-refractivity contribution >= 4 is 41.5 Å². The van der Waals surface area contributed by atoms with E-state index < -0.39 is 5.91 Å². The van der Waals surface area contributed by atoms with Crippen molar-refractivity contribution < 1.29 is 9.18 Å². The summed E-state index contributed by atoms with van der Waals surface area (Å²) < 4.78 is 15.0. The smallest absolute Gasteiger partial charge is 0.252 e. The molecule has 162 valence electrons.